The predicted molar refractivity (Wildman–Crippen MR) is 134 cm³/mol. The van der Waals surface area contributed by atoms with Gasteiger partial charge in [-0.1, -0.05) is 30.3 Å². The van der Waals surface area contributed by atoms with E-state index < -0.39 is 0 Å². The maximum Gasteiger partial charge on any atom is 0.220 e. The van der Waals surface area contributed by atoms with Crippen LogP contribution in [0.2, 0.25) is 0 Å². The molecule has 6 heteroatoms. The molecule has 2 N–H and O–H groups in total. The monoisotopic (exact) mass is 458 g/mol. The van der Waals surface area contributed by atoms with E-state index in [1.54, 1.807) is 14.2 Å². The van der Waals surface area contributed by atoms with Gasteiger partial charge < -0.3 is 24.5 Å². The standard InChI is InChI=1S/C28H30N2O4/c1-32-16-17-34-23-7-5-6-20(18-23)19-29-27(31)15-14-25-24-8-3-4-9-26(24)30-28(25)21-10-12-22(33-2)13-11-21/h3-13,18,30H,14-17,19H2,1-2H3,(H,29,31). The number of amides is 1. The molecule has 0 fully saturated rings. The summed E-state index contributed by atoms with van der Waals surface area (Å²) >= 11 is 0. The number of fused-ring (bicyclic) bond motifs is 1. The van der Waals surface area contributed by atoms with Gasteiger partial charge in [-0.25, -0.2) is 0 Å². The van der Waals surface area contributed by atoms with Crippen molar-refractivity contribution in [3.63, 3.8) is 0 Å². The Bertz CT molecular complexity index is 1230. The lowest BCUT2D eigenvalue weighted by Gasteiger charge is -2.10. The highest BCUT2D eigenvalue weighted by Crippen LogP contribution is 2.32. The normalized spacial score (nSPS) is 10.9. The fourth-order valence-electron chi connectivity index (χ4n) is 3.98. The third-order valence-corrected chi connectivity index (χ3v) is 5.74. The van der Waals surface area contributed by atoms with Gasteiger partial charge in [-0.15, -0.1) is 0 Å². The highest BCUT2D eigenvalue weighted by Gasteiger charge is 2.14. The van der Waals surface area contributed by atoms with E-state index in [4.69, 9.17) is 14.2 Å². The fourth-order valence-corrected chi connectivity index (χ4v) is 3.98. The number of methoxy groups -OCH3 is 2. The van der Waals surface area contributed by atoms with Crippen molar-refractivity contribution in [1.29, 1.82) is 0 Å². The van der Waals surface area contributed by atoms with Crippen LogP contribution in [0.4, 0.5) is 0 Å². The highest BCUT2D eigenvalue weighted by molar-refractivity contribution is 5.91. The van der Waals surface area contributed by atoms with Crippen molar-refractivity contribution < 1.29 is 19.0 Å². The van der Waals surface area contributed by atoms with Crippen LogP contribution >= 0.6 is 0 Å². The molecule has 0 aliphatic rings. The second kappa shape index (κ2) is 11.4. The molecule has 0 bridgehead atoms. The van der Waals surface area contributed by atoms with E-state index in [1.165, 1.54) is 0 Å². The van der Waals surface area contributed by atoms with E-state index in [1.807, 2.05) is 60.7 Å². The molecule has 0 aliphatic carbocycles. The topological polar surface area (TPSA) is 72.6 Å². The number of carbonyl (C=O) groups is 1. The van der Waals surface area contributed by atoms with E-state index in [0.717, 1.165) is 44.8 Å². The number of ether oxygens (including phenoxy) is 3. The number of aryl methyl sites for hydroxylation is 1. The molecule has 4 rings (SSSR count). The number of aromatic amines is 1. The second-order valence-electron chi connectivity index (χ2n) is 8.02. The quantitative estimate of drug-likeness (QED) is 0.306. The molecule has 1 amide bonds. The Labute approximate surface area is 199 Å². The number of hydrogen-bond acceptors (Lipinski definition) is 4. The van der Waals surface area contributed by atoms with Gasteiger partial charge in [0, 0.05) is 36.7 Å². The van der Waals surface area contributed by atoms with E-state index in [9.17, 15) is 4.79 Å². The van der Waals surface area contributed by atoms with Crippen molar-refractivity contribution in [2.75, 3.05) is 27.4 Å². The summed E-state index contributed by atoms with van der Waals surface area (Å²) in [6.07, 6.45) is 1.03. The van der Waals surface area contributed by atoms with Crippen LogP contribution in [-0.4, -0.2) is 38.3 Å². The average Bonchev–Trinajstić information content (AvgIpc) is 3.25. The Morgan fingerprint density at radius 3 is 2.53 bits per heavy atom. The van der Waals surface area contributed by atoms with E-state index in [2.05, 4.69) is 22.4 Å². The van der Waals surface area contributed by atoms with Gasteiger partial charge in [-0.3, -0.25) is 4.79 Å². The molecule has 0 spiro atoms. The molecule has 0 radical (unpaired) electrons. The molecule has 0 saturated carbocycles. The first-order chi connectivity index (χ1) is 16.7. The third-order valence-electron chi connectivity index (χ3n) is 5.74. The molecule has 1 aromatic heterocycles. The van der Waals surface area contributed by atoms with Crippen LogP contribution in [0.3, 0.4) is 0 Å². The molecule has 0 aliphatic heterocycles. The van der Waals surface area contributed by atoms with Crippen molar-refractivity contribution in [3.8, 4) is 22.8 Å². The molecule has 4 aromatic rings. The molecule has 0 unspecified atom stereocenters. The Morgan fingerprint density at radius 2 is 1.74 bits per heavy atom. The molecule has 6 nitrogen and oxygen atoms in total. The minimum absolute atomic E-state index is 0.0108. The van der Waals surface area contributed by atoms with Crippen molar-refractivity contribution in [2.45, 2.75) is 19.4 Å². The lowest BCUT2D eigenvalue weighted by atomic mass is 10.0. The van der Waals surface area contributed by atoms with E-state index >= 15 is 0 Å². The van der Waals surface area contributed by atoms with Crippen molar-refractivity contribution in [1.82, 2.24) is 10.3 Å². The van der Waals surface area contributed by atoms with Gasteiger partial charge in [-0.2, -0.15) is 0 Å². The Balaban J connectivity index is 1.42. The Hall–Kier alpha value is -3.77. The first-order valence-corrected chi connectivity index (χ1v) is 11.4. The van der Waals surface area contributed by atoms with Gasteiger partial charge in [0.15, 0.2) is 0 Å². The van der Waals surface area contributed by atoms with Gasteiger partial charge in [0.2, 0.25) is 5.91 Å². The van der Waals surface area contributed by atoms with Gasteiger partial charge in [0.25, 0.3) is 0 Å². The summed E-state index contributed by atoms with van der Waals surface area (Å²) < 4.78 is 16.0. The van der Waals surface area contributed by atoms with Crippen LogP contribution in [0.15, 0.2) is 72.8 Å². The summed E-state index contributed by atoms with van der Waals surface area (Å²) in [5.74, 6) is 1.59. The van der Waals surface area contributed by atoms with Gasteiger partial charge in [0.05, 0.1) is 13.7 Å². The Morgan fingerprint density at radius 1 is 0.912 bits per heavy atom. The molecular formula is C28H30N2O4. The maximum absolute atomic E-state index is 12.7. The summed E-state index contributed by atoms with van der Waals surface area (Å²) in [6, 6.07) is 23.9. The Kier molecular flexibility index (Phi) is 7.83. The van der Waals surface area contributed by atoms with Gasteiger partial charge >= 0.3 is 0 Å². The molecule has 3 aromatic carbocycles. The number of rotatable bonds is 11. The summed E-state index contributed by atoms with van der Waals surface area (Å²) in [5.41, 5.74) is 5.31. The molecule has 0 atom stereocenters. The first-order valence-electron chi connectivity index (χ1n) is 11.4. The lowest BCUT2D eigenvalue weighted by molar-refractivity contribution is -0.121. The van der Waals surface area contributed by atoms with Crippen LogP contribution in [0, 0.1) is 0 Å². The number of H-pyrrole nitrogens is 1. The van der Waals surface area contributed by atoms with Gasteiger partial charge in [-0.05, 0) is 65.6 Å². The minimum atomic E-state index is 0.0108. The SMILES string of the molecule is COCCOc1cccc(CNC(=O)CCc2c(-c3ccc(OC)cc3)[nH]c3ccccc23)c1. The number of nitrogens with one attached hydrogen (secondary N) is 2. The number of carbonyl (C=O) groups excluding carboxylic acids is 1. The molecular weight excluding hydrogens is 428 g/mol. The smallest absolute Gasteiger partial charge is 0.220 e. The number of hydrogen-bond donors (Lipinski definition) is 2. The zero-order chi connectivity index (χ0) is 23.8. The van der Waals surface area contributed by atoms with E-state index in [0.29, 0.717) is 32.6 Å². The van der Waals surface area contributed by atoms with Crippen molar-refractivity contribution in [3.05, 3.63) is 83.9 Å². The first kappa shape index (κ1) is 23.4. The molecule has 0 saturated heterocycles. The van der Waals surface area contributed by atoms with Crippen LogP contribution in [0.1, 0.15) is 17.5 Å². The van der Waals surface area contributed by atoms with Crippen LogP contribution in [-0.2, 0) is 22.5 Å². The van der Waals surface area contributed by atoms with Crippen molar-refractivity contribution in [2.24, 2.45) is 0 Å². The molecule has 176 valence electrons. The molecule has 34 heavy (non-hydrogen) atoms. The lowest BCUT2D eigenvalue weighted by Crippen LogP contribution is -2.23. The predicted octanol–water partition coefficient (Wildman–Crippen LogP) is 5.12. The van der Waals surface area contributed by atoms with Crippen LogP contribution in [0.25, 0.3) is 22.2 Å². The largest absolute Gasteiger partial charge is 0.497 e. The number of benzene rings is 3. The number of para-hydroxylation sites is 1. The summed E-state index contributed by atoms with van der Waals surface area (Å²) in [4.78, 5) is 16.2. The van der Waals surface area contributed by atoms with Crippen LogP contribution < -0.4 is 14.8 Å². The highest BCUT2D eigenvalue weighted by atomic mass is 16.5. The minimum Gasteiger partial charge on any atom is -0.497 e. The second-order valence-corrected chi connectivity index (χ2v) is 8.02. The fraction of sp³-hybridized carbons (Fsp3) is 0.250. The van der Waals surface area contributed by atoms with Crippen LogP contribution in [0.5, 0.6) is 11.5 Å². The number of aromatic nitrogens is 1. The van der Waals surface area contributed by atoms with Gasteiger partial charge in [0.1, 0.15) is 18.1 Å². The average molecular weight is 459 g/mol. The summed E-state index contributed by atoms with van der Waals surface area (Å²) in [6.45, 7) is 1.49. The zero-order valence-electron chi connectivity index (χ0n) is 19.6. The summed E-state index contributed by atoms with van der Waals surface area (Å²) in [5, 5.41) is 4.17. The summed E-state index contributed by atoms with van der Waals surface area (Å²) in [7, 11) is 3.30. The third kappa shape index (κ3) is 5.77. The van der Waals surface area contributed by atoms with E-state index in [-0.39, 0.29) is 5.91 Å². The zero-order valence-corrected chi connectivity index (χ0v) is 19.6. The molecule has 1 heterocycles. The van der Waals surface area contributed by atoms with Crippen molar-refractivity contribution >= 4 is 16.8 Å². The maximum atomic E-state index is 12.7.